The molecule has 1 aliphatic rings. The second-order valence-corrected chi connectivity index (χ2v) is 10.4. The molecule has 186 valence electrons. The lowest BCUT2D eigenvalue weighted by atomic mass is 9.79. The van der Waals surface area contributed by atoms with Crippen LogP contribution in [0.15, 0.2) is 146 Å². The lowest BCUT2D eigenvalue weighted by Gasteiger charge is -2.29. The number of hydrogen-bond donors (Lipinski definition) is 1. The highest BCUT2D eigenvalue weighted by Crippen LogP contribution is 2.57. The van der Waals surface area contributed by atoms with Crippen molar-refractivity contribution in [3.63, 3.8) is 0 Å². The molecule has 0 fully saturated rings. The van der Waals surface area contributed by atoms with Crippen LogP contribution >= 0.6 is 11.6 Å². The molecule has 0 aromatic heterocycles. The molecular formula is C37H25ClO. The second-order valence-electron chi connectivity index (χ2n) is 9.95. The number of hydrogen-bond acceptors (Lipinski definition) is 1. The van der Waals surface area contributed by atoms with Gasteiger partial charge in [-0.25, -0.2) is 0 Å². The quantitative estimate of drug-likeness (QED) is 0.245. The van der Waals surface area contributed by atoms with Crippen LogP contribution in [-0.4, -0.2) is 5.11 Å². The van der Waals surface area contributed by atoms with Gasteiger partial charge >= 0.3 is 0 Å². The molecule has 2 heteroatoms. The zero-order valence-corrected chi connectivity index (χ0v) is 21.9. The van der Waals surface area contributed by atoms with Crippen LogP contribution in [0.5, 0.6) is 0 Å². The van der Waals surface area contributed by atoms with Crippen molar-refractivity contribution in [1.82, 2.24) is 0 Å². The summed E-state index contributed by atoms with van der Waals surface area (Å²) in [4.78, 5) is 0. The summed E-state index contributed by atoms with van der Waals surface area (Å²) in [5.74, 6) is 0. The first kappa shape index (κ1) is 23.7. The maximum Gasteiger partial charge on any atom is 0.142 e. The summed E-state index contributed by atoms with van der Waals surface area (Å²) in [7, 11) is 0. The van der Waals surface area contributed by atoms with Gasteiger partial charge < -0.3 is 5.11 Å². The van der Waals surface area contributed by atoms with Crippen molar-refractivity contribution in [3.8, 4) is 44.5 Å². The van der Waals surface area contributed by atoms with Crippen LogP contribution in [0.1, 0.15) is 16.7 Å². The van der Waals surface area contributed by atoms with E-state index in [0.29, 0.717) is 5.02 Å². The predicted octanol–water partition coefficient (Wildman–Crippen LogP) is 9.61. The molecule has 1 nitrogen and oxygen atoms in total. The van der Waals surface area contributed by atoms with Crippen molar-refractivity contribution < 1.29 is 5.11 Å². The first-order valence-corrected chi connectivity index (χ1v) is 13.5. The average Bonchev–Trinajstić information content (AvgIpc) is 3.27. The number of halogens is 1. The van der Waals surface area contributed by atoms with Crippen LogP contribution in [0.4, 0.5) is 0 Å². The van der Waals surface area contributed by atoms with Gasteiger partial charge in [0.15, 0.2) is 0 Å². The van der Waals surface area contributed by atoms with Gasteiger partial charge in [-0.2, -0.15) is 0 Å². The molecule has 6 aromatic carbocycles. The molecule has 1 aliphatic carbocycles. The Hall–Kier alpha value is -4.43. The van der Waals surface area contributed by atoms with E-state index in [9.17, 15) is 5.11 Å². The highest BCUT2D eigenvalue weighted by molar-refractivity contribution is 6.30. The molecule has 1 N–H and O–H groups in total. The fraction of sp³-hybridized carbons (Fsp3) is 0.0270. The Morgan fingerprint density at radius 2 is 0.846 bits per heavy atom. The lowest BCUT2D eigenvalue weighted by Crippen LogP contribution is -2.27. The Morgan fingerprint density at radius 3 is 1.41 bits per heavy atom. The average molecular weight is 521 g/mol. The molecule has 0 unspecified atom stereocenters. The van der Waals surface area contributed by atoms with E-state index in [1.54, 1.807) is 0 Å². The van der Waals surface area contributed by atoms with Gasteiger partial charge in [-0.3, -0.25) is 0 Å². The van der Waals surface area contributed by atoms with Crippen molar-refractivity contribution in [1.29, 1.82) is 0 Å². The SMILES string of the molecule is OC1(c2ccccc2-c2cccc(Cl)c2)c2cccc(-c3ccccc3)c2-c2c(-c3ccccc3)cccc21. The normalized spacial score (nSPS) is 13.1. The first-order chi connectivity index (χ1) is 19.2. The van der Waals surface area contributed by atoms with E-state index in [2.05, 4.69) is 91.0 Å². The van der Waals surface area contributed by atoms with Crippen molar-refractivity contribution in [2.45, 2.75) is 5.60 Å². The van der Waals surface area contributed by atoms with E-state index < -0.39 is 5.60 Å². The maximum atomic E-state index is 13.1. The molecule has 39 heavy (non-hydrogen) atoms. The van der Waals surface area contributed by atoms with Crippen LogP contribution in [-0.2, 0) is 5.60 Å². The van der Waals surface area contributed by atoms with Gasteiger partial charge in [0.1, 0.15) is 5.60 Å². The Kier molecular flexibility index (Phi) is 5.70. The molecule has 0 aliphatic heterocycles. The topological polar surface area (TPSA) is 20.2 Å². The van der Waals surface area contributed by atoms with Crippen LogP contribution in [0.3, 0.4) is 0 Å². The van der Waals surface area contributed by atoms with E-state index in [1.807, 2.05) is 54.6 Å². The van der Waals surface area contributed by atoms with Gasteiger partial charge in [-0.15, -0.1) is 0 Å². The fourth-order valence-electron chi connectivity index (χ4n) is 6.10. The van der Waals surface area contributed by atoms with E-state index in [0.717, 1.165) is 61.2 Å². The van der Waals surface area contributed by atoms with E-state index in [1.165, 1.54) is 0 Å². The zero-order chi connectivity index (χ0) is 26.4. The molecule has 0 radical (unpaired) electrons. The summed E-state index contributed by atoms with van der Waals surface area (Å²) < 4.78 is 0. The van der Waals surface area contributed by atoms with Crippen molar-refractivity contribution in [3.05, 3.63) is 167 Å². The van der Waals surface area contributed by atoms with Gasteiger partial charge in [-0.05, 0) is 56.6 Å². The largest absolute Gasteiger partial charge is 0.376 e. The van der Waals surface area contributed by atoms with Crippen LogP contribution in [0, 0.1) is 0 Å². The molecule has 6 aromatic rings. The Morgan fingerprint density at radius 1 is 0.410 bits per heavy atom. The van der Waals surface area contributed by atoms with Crippen molar-refractivity contribution in [2.24, 2.45) is 0 Å². The minimum absolute atomic E-state index is 0.666. The number of aliphatic hydroxyl groups is 1. The molecule has 0 saturated heterocycles. The summed E-state index contributed by atoms with van der Waals surface area (Å²) >= 11 is 6.42. The molecule has 0 spiro atoms. The van der Waals surface area contributed by atoms with Crippen LogP contribution < -0.4 is 0 Å². The molecule has 0 saturated carbocycles. The minimum Gasteiger partial charge on any atom is -0.376 e. The van der Waals surface area contributed by atoms with E-state index in [4.69, 9.17) is 11.6 Å². The van der Waals surface area contributed by atoms with E-state index >= 15 is 0 Å². The van der Waals surface area contributed by atoms with Crippen LogP contribution in [0.25, 0.3) is 44.5 Å². The zero-order valence-electron chi connectivity index (χ0n) is 21.2. The Labute approximate surface area is 233 Å². The number of benzene rings is 6. The number of rotatable bonds is 4. The van der Waals surface area contributed by atoms with Gasteiger partial charge in [0.25, 0.3) is 0 Å². The summed E-state index contributed by atoms with van der Waals surface area (Å²) in [5.41, 5.74) is 9.77. The van der Waals surface area contributed by atoms with Gasteiger partial charge in [-0.1, -0.05) is 145 Å². The summed E-state index contributed by atoms with van der Waals surface area (Å²) in [6, 6.07) is 49.4. The van der Waals surface area contributed by atoms with Crippen LogP contribution in [0.2, 0.25) is 5.02 Å². The predicted molar refractivity (Wildman–Crippen MR) is 162 cm³/mol. The molecule has 0 amide bonds. The molecule has 0 bridgehead atoms. The third kappa shape index (κ3) is 3.74. The second kappa shape index (κ2) is 9.39. The maximum absolute atomic E-state index is 13.1. The summed E-state index contributed by atoms with van der Waals surface area (Å²) in [6.45, 7) is 0. The highest BCUT2D eigenvalue weighted by Gasteiger charge is 2.46. The molecule has 7 rings (SSSR count). The molecule has 0 heterocycles. The molecular weight excluding hydrogens is 496 g/mol. The van der Waals surface area contributed by atoms with Gasteiger partial charge in [0.2, 0.25) is 0 Å². The third-order valence-electron chi connectivity index (χ3n) is 7.78. The summed E-state index contributed by atoms with van der Waals surface area (Å²) in [6.07, 6.45) is 0. The Balaban J connectivity index is 1.59. The number of fused-ring (bicyclic) bond motifs is 3. The fourth-order valence-corrected chi connectivity index (χ4v) is 6.29. The van der Waals surface area contributed by atoms with E-state index in [-0.39, 0.29) is 0 Å². The lowest BCUT2D eigenvalue weighted by molar-refractivity contribution is 0.131. The smallest absolute Gasteiger partial charge is 0.142 e. The van der Waals surface area contributed by atoms with Gasteiger partial charge in [0, 0.05) is 21.7 Å². The summed E-state index contributed by atoms with van der Waals surface area (Å²) in [5, 5.41) is 13.8. The van der Waals surface area contributed by atoms with Crippen molar-refractivity contribution in [2.75, 3.05) is 0 Å². The van der Waals surface area contributed by atoms with Gasteiger partial charge in [0.05, 0.1) is 0 Å². The first-order valence-electron chi connectivity index (χ1n) is 13.1. The third-order valence-corrected chi connectivity index (χ3v) is 8.02. The van der Waals surface area contributed by atoms with Crippen molar-refractivity contribution >= 4 is 11.6 Å². The standard InChI is InChI=1S/C37H25ClO/c38-28-17-9-16-27(24-28)29-18-7-8-21-32(29)37(39)33-22-10-19-30(25-12-3-1-4-13-25)35(33)36-31(20-11-23-34(36)37)26-14-5-2-6-15-26/h1-24,39H. The minimum atomic E-state index is -1.36. The Bertz CT molecular complexity index is 1730. The highest BCUT2D eigenvalue weighted by atomic mass is 35.5. The molecule has 0 atom stereocenters. The monoisotopic (exact) mass is 520 g/mol.